The standard InChI is InChI=1S/C28H27FN6O/c1-17-26(20-4-3-5-22(29)12-20)34-27(33-17)18-7-10-35(11-8-18)28-23-13-21(14-24(23)31-16-32-28)19-6-9-30-25(15-19)36-2/h3-6,9,12-13,15-16,18H,7-8,10-11,14H2,1-2H3,(H,33,34). The number of aromatic amines is 1. The molecule has 0 saturated carbocycles. The zero-order chi connectivity index (χ0) is 24.6. The molecule has 1 aromatic carbocycles. The summed E-state index contributed by atoms with van der Waals surface area (Å²) in [5.74, 6) is 2.65. The van der Waals surface area contributed by atoms with Crippen molar-refractivity contribution in [1.82, 2.24) is 24.9 Å². The first-order valence-electron chi connectivity index (χ1n) is 12.2. The number of fused-ring (bicyclic) bond motifs is 1. The Morgan fingerprint density at radius 2 is 1.92 bits per heavy atom. The van der Waals surface area contributed by atoms with Gasteiger partial charge in [-0.05, 0) is 55.2 Å². The summed E-state index contributed by atoms with van der Waals surface area (Å²) in [5.41, 5.74) is 7.03. The van der Waals surface area contributed by atoms with Gasteiger partial charge in [-0.25, -0.2) is 24.3 Å². The number of aromatic nitrogens is 5. The number of imidazole rings is 1. The van der Waals surface area contributed by atoms with E-state index in [0.29, 0.717) is 11.8 Å². The van der Waals surface area contributed by atoms with Crippen LogP contribution in [0, 0.1) is 12.7 Å². The lowest BCUT2D eigenvalue weighted by Crippen LogP contribution is -2.34. The third kappa shape index (κ3) is 4.12. The molecule has 6 rings (SSSR count). The van der Waals surface area contributed by atoms with Crippen molar-refractivity contribution in [2.24, 2.45) is 0 Å². The number of hydrogen-bond acceptors (Lipinski definition) is 6. The lowest BCUT2D eigenvalue weighted by atomic mass is 9.96. The number of anilines is 1. The van der Waals surface area contributed by atoms with E-state index in [1.165, 1.54) is 17.7 Å². The summed E-state index contributed by atoms with van der Waals surface area (Å²) in [6.07, 6.45) is 8.34. The Balaban J connectivity index is 1.20. The first kappa shape index (κ1) is 22.4. The minimum absolute atomic E-state index is 0.248. The maximum absolute atomic E-state index is 13.7. The first-order valence-corrected chi connectivity index (χ1v) is 12.2. The van der Waals surface area contributed by atoms with Crippen molar-refractivity contribution in [1.29, 1.82) is 0 Å². The fraction of sp³-hybridized carbons (Fsp3) is 0.286. The summed E-state index contributed by atoms with van der Waals surface area (Å²) in [7, 11) is 1.63. The van der Waals surface area contributed by atoms with Gasteiger partial charge in [0, 0.05) is 54.5 Å². The number of hydrogen-bond donors (Lipinski definition) is 1. The van der Waals surface area contributed by atoms with Crippen molar-refractivity contribution in [3.8, 4) is 17.1 Å². The smallest absolute Gasteiger partial charge is 0.213 e. The van der Waals surface area contributed by atoms with E-state index in [1.807, 2.05) is 25.1 Å². The molecule has 0 atom stereocenters. The van der Waals surface area contributed by atoms with Crippen LogP contribution in [0.5, 0.6) is 5.88 Å². The fourth-order valence-corrected chi connectivity index (χ4v) is 5.23. The summed E-state index contributed by atoms with van der Waals surface area (Å²) < 4.78 is 19.0. The number of nitrogens with zero attached hydrogens (tertiary/aromatic N) is 5. The molecule has 36 heavy (non-hydrogen) atoms. The quantitative estimate of drug-likeness (QED) is 0.421. The van der Waals surface area contributed by atoms with Gasteiger partial charge < -0.3 is 14.6 Å². The van der Waals surface area contributed by atoms with Gasteiger partial charge in [-0.3, -0.25) is 0 Å². The van der Waals surface area contributed by atoms with E-state index in [4.69, 9.17) is 9.72 Å². The molecule has 1 saturated heterocycles. The van der Waals surface area contributed by atoms with Crippen LogP contribution >= 0.6 is 0 Å². The number of benzene rings is 1. The highest BCUT2D eigenvalue weighted by atomic mass is 19.1. The molecule has 4 aromatic rings. The Kier molecular flexibility index (Phi) is 5.71. The van der Waals surface area contributed by atoms with E-state index in [1.54, 1.807) is 25.7 Å². The molecule has 8 heteroatoms. The number of methoxy groups -OCH3 is 1. The Morgan fingerprint density at radius 3 is 2.72 bits per heavy atom. The van der Waals surface area contributed by atoms with E-state index < -0.39 is 0 Å². The van der Waals surface area contributed by atoms with Gasteiger partial charge in [0.05, 0.1) is 18.5 Å². The number of piperidine rings is 1. The van der Waals surface area contributed by atoms with E-state index in [9.17, 15) is 4.39 Å². The molecule has 1 N–H and O–H groups in total. The van der Waals surface area contributed by atoms with Crippen LogP contribution in [-0.2, 0) is 6.42 Å². The molecule has 1 aliphatic heterocycles. The highest BCUT2D eigenvalue weighted by Crippen LogP contribution is 2.38. The van der Waals surface area contributed by atoms with Gasteiger partial charge in [-0.15, -0.1) is 0 Å². The second-order valence-corrected chi connectivity index (χ2v) is 9.36. The molecule has 0 bridgehead atoms. The molecule has 7 nitrogen and oxygen atoms in total. The van der Waals surface area contributed by atoms with E-state index in [0.717, 1.165) is 77.8 Å². The zero-order valence-electron chi connectivity index (χ0n) is 20.3. The Morgan fingerprint density at radius 1 is 1.06 bits per heavy atom. The monoisotopic (exact) mass is 482 g/mol. The molecular weight excluding hydrogens is 455 g/mol. The molecule has 0 spiro atoms. The van der Waals surface area contributed by atoms with Crippen LogP contribution in [0.1, 0.15) is 47.1 Å². The number of aryl methyl sites for hydroxylation is 1. The van der Waals surface area contributed by atoms with Gasteiger partial charge >= 0.3 is 0 Å². The molecule has 2 aliphatic rings. The second-order valence-electron chi connectivity index (χ2n) is 9.36. The zero-order valence-corrected chi connectivity index (χ0v) is 20.3. The number of rotatable bonds is 5. The van der Waals surface area contributed by atoms with Gasteiger partial charge in [-0.1, -0.05) is 12.1 Å². The average Bonchev–Trinajstić information content (AvgIpc) is 3.53. The maximum Gasteiger partial charge on any atom is 0.213 e. The lowest BCUT2D eigenvalue weighted by Gasteiger charge is -2.32. The van der Waals surface area contributed by atoms with Crippen LogP contribution in [-0.4, -0.2) is 45.1 Å². The second kappa shape index (κ2) is 9.18. The SMILES string of the molecule is COc1cc(C2=Cc3c(ncnc3N3CCC(c4nc(-c5cccc(F)c5)c(C)[nH]4)CC3)C2)ccn1. The molecule has 182 valence electrons. The summed E-state index contributed by atoms with van der Waals surface area (Å²) in [6, 6.07) is 10.6. The summed E-state index contributed by atoms with van der Waals surface area (Å²) in [6.45, 7) is 3.77. The predicted molar refractivity (Wildman–Crippen MR) is 137 cm³/mol. The van der Waals surface area contributed by atoms with Gasteiger partial charge in [-0.2, -0.15) is 0 Å². The van der Waals surface area contributed by atoms with Crippen LogP contribution in [0.4, 0.5) is 10.2 Å². The van der Waals surface area contributed by atoms with Gasteiger partial charge in [0.2, 0.25) is 5.88 Å². The molecular formula is C28H27FN6O. The molecule has 0 radical (unpaired) electrons. The normalized spacial score (nSPS) is 15.6. The van der Waals surface area contributed by atoms with Gasteiger partial charge in [0.1, 0.15) is 23.8 Å². The lowest BCUT2D eigenvalue weighted by molar-refractivity contribution is 0.398. The van der Waals surface area contributed by atoms with Crippen LogP contribution in [0.15, 0.2) is 48.9 Å². The van der Waals surface area contributed by atoms with Crippen LogP contribution in [0.2, 0.25) is 0 Å². The maximum atomic E-state index is 13.7. The highest BCUT2D eigenvalue weighted by Gasteiger charge is 2.28. The van der Waals surface area contributed by atoms with Crippen molar-refractivity contribution in [3.63, 3.8) is 0 Å². The van der Waals surface area contributed by atoms with Gasteiger partial charge in [0.25, 0.3) is 0 Å². The van der Waals surface area contributed by atoms with Crippen molar-refractivity contribution in [2.75, 3.05) is 25.1 Å². The summed E-state index contributed by atoms with van der Waals surface area (Å²) in [4.78, 5) is 24.1. The molecule has 4 heterocycles. The third-order valence-electron chi connectivity index (χ3n) is 7.12. The van der Waals surface area contributed by atoms with Crippen molar-refractivity contribution >= 4 is 17.5 Å². The van der Waals surface area contributed by atoms with Crippen LogP contribution < -0.4 is 9.64 Å². The van der Waals surface area contributed by atoms with Crippen LogP contribution in [0.3, 0.4) is 0 Å². The van der Waals surface area contributed by atoms with Crippen molar-refractivity contribution in [3.05, 3.63) is 83.1 Å². The first-order chi connectivity index (χ1) is 17.6. The Hall–Kier alpha value is -4.07. The molecule has 1 fully saturated rings. The third-order valence-corrected chi connectivity index (χ3v) is 7.12. The molecule has 3 aromatic heterocycles. The number of nitrogens with one attached hydrogen (secondary N) is 1. The minimum atomic E-state index is -0.248. The number of pyridine rings is 1. The Bertz CT molecular complexity index is 1450. The Labute approximate surface area is 209 Å². The molecule has 0 amide bonds. The number of halogens is 1. The number of allylic oxidation sites excluding steroid dienone is 1. The largest absolute Gasteiger partial charge is 0.481 e. The predicted octanol–water partition coefficient (Wildman–Crippen LogP) is 5.20. The number of H-pyrrole nitrogens is 1. The number of ether oxygens (including phenoxy) is 1. The van der Waals surface area contributed by atoms with Crippen molar-refractivity contribution in [2.45, 2.75) is 32.1 Å². The molecule has 0 unspecified atom stereocenters. The van der Waals surface area contributed by atoms with Gasteiger partial charge in [0.15, 0.2) is 0 Å². The minimum Gasteiger partial charge on any atom is -0.481 e. The van der Waals surface area contributed by atoms with E-state index >= 15 is 0 Å². The van der Waals surface area contributed by atoms with E-state index in [2.05, 4.69) is 30.9 Å². The average molecular weight is 483 g/mol. The summed E-state index contributed by atoms with van der Waals surface area (Å²) in [5, 5.41) is 0. The highest BCUT2D eigenvalue weighted by molar-refractivity contribution is 5.91. The topological polar surface area (TPSA) is 79.8 Å². The molecule has 1 aliphatic carbocycles. The van der Waals surface area contributed by atoms with Crippen molar-refractivity contribution < 1.29 is 9.13 Å². The van der Waals surface area contributed by atoms with Crippen LogP contribution in [0.25, 0.3) is 22.9 Å². The fourth-order valence-electron chi connectivity index (χ4n) is 5.23. The summed E-state index contributed by atoms with van der Waals surface area (Å²) >= 11 is 0. The van der Waals surface area contributed by atoms with E-state index in [-0.39, 0.29) is 5.82 Å².